The fourth-order valence-electron chi connectivity index (χ4n) is 3.17. The number of aromatic nitrogens is 5. The van der Waals surface area contributed by atoms with E-state index in [1.165, 1.54) is 0 Å². The second-order valence-electron chi connectivity index (χ2n) is 5.99. The average molecular weight is 325 g/mol. The SMILES string of the molecule is Cn1cccc1C(=O)N1CCN(c2ncnc3c2cnn3C)CC1. The van der Waals surface area contributed by atoms with Crippen LogP contribution in [0.5, 0.6) is 0 Å². The van der Waals surface area contributed by atoms with Crippen molar-refractivity contribution in [3.05, 3.63) is 36.5 Å². The summed E-state index contributed by atoms with van der Waals surface area (Å²) >= 11 is 0. The average Bonchev–Trinajstić information content (AvgIpc) is 3.20. The van der Waals surface area contributed by atoms with Crippen molar-refractivity contribution in [1.29, 1.82) is 0 Å². The van der Waals surface area contributed by atoms with Crippen LogP contribution in [0.3, 0.4) is 0 Å². The van der Waals surface area contributed by atoms with E-state index in [-0.39, 0.29) is 5.91 Å². The minimum atomic E-state index is 0.0800. The van der Waals surface area contributed by atoms with Crippen LogP contribution in [0.2, 0.25) is 0 Å². The molecule has 0 unspecified atom stereocenters. The second kappa shape index (κ2) is 5.63. The molecule has 3 aromatic heterocycles. The van der Waals surface area contributed by atoms with E-state index in [4.69, 9.17) is 0 Å². The van der Waals surface area contributed by atoms with Gasteiger partial charge < -0.3 is 14.4 Å². The van der Waals surface area contributed by atoms with Gasteiger partial charge in [-0.2, -0.15) is 5.10 Å². The predicted octanol–water partition coefficient (Wildman–Crippen LogP) is 0.664. The molecule has 24 heavy (non-hydrogen) atoms. The Morgan fingerprint density at radius 2 is 1.92 bits per heavy atom. The molecule has 4 heterocycles. The van der Waals surface area contributed by atoms with Crippen LogP contribution in [0.4, 0.5) is 5.82 Å². The molecule has 0 bridgehead atoms. The summed E-state index contributed by atoms with van der Waals surface area (Å²) < 4.78 is 3.61. The quantitative estimate of drug-likeness (QED) is 0.692. The molecule has 4 rings (SSSR count). The molecule has 1 amide bonds. The van der Waals surface area contributed by atoms with Gasteiger partial charge in [0.1, 0.15) is 17.8 Å². The number of hydrogen-bond acceptors (Lipinski definition) is 5. The molecule has 124 valence electrons. The molecule has 0 aliphatic carbocycles. The molecule has 8 heteroatoms. The summed E-state index contributed by atoms with van der Waals surface area (Å²) in [6, 6.07) is 3.75. The largest absolute Gasteiger partial charge is 0.352 e. The molecule has 0 aromatic carbocycles. The van der Waals surface area contributed by atoms with Gasteiger partial charge in [0.2, 0.25) is 0 Å². The summed E-state index contributed by atoms with van der Waals surface area (Å²) in [5.74, 6) is 0.968. The Morgan fingerprint density at radius 3 is 2.62 bits per heavy atom. The summed E-state index contributed by atoms with van der Waals surface area (Å²) in [7, 11) is 3.76. The minimum Gasteiger partial charge on any atom is -0.352 e. The summed E-state index contributed by atoms with van der Waals surface area (Å²) in [6.45, 7) is 2.85. The van der Waals surface area contributed by atoms with Crippen LogP contribution in [-0.2, 0) is 14.1 Å². The van der Waals surface area contributed by atoms with Crippen LogP contribution in [-0.4, -0.2) is 61.3 Å². The van der Waals surface area contributed by atoms with Crippen molar-refractivity contribution in [2.75, 3.05) is 31.1 Å². The first kappa shape index (κ1) is 14.7. The van der Waals surface area contributed by atoms with E-state index in [0.717, 1.165) is 35.6 Å². The molecule has 8 nitrogen and oxygen atoms in total. The maximum Gasteiger partial charge on any atom is 0.270 e. The number of nitrogens with zero attached hydrogens (tertiary/aromatic N) is 7. The lowest BCUT2D eigenvalue weighted by molar-refractivity contribution is 0.0737. The second-order valence-corrected chi connectivity index (χ2v) is 5.99. The Hall–Kier alpha value is -2.90. The third-order valence-electron chi connectivity index (χ3n) is 4.54. The number of anilines is 1. The summed E-state index contributed by atoms with van der Waals surface area (Å²) in [5.41, 5.74) is 1.54. The van der Waals surface area contributed by atoms with E-state index in [2.05, 4.69) is 20.0 Å². The van der Waals surface area contributed by atoms with Crippen molar-refractivity contribution in [3.8, 4) is 0 Å². The normalized spacial score (nSPS) is 15.2. The van der Waals surface area contributed by atoms with Gasteiger partial charge in [0.25, 0.3) is 5.91 Å². The van der Waals surface area contributed by atoms with Gasteiger partial charge in [-0.1, -0.05) is 0 Å². The van der Waals surface area contributed by atoms with Crippen molar-refractivity contribution < 1.29 is 4.79 Å². The van der Waals surface area contributed by atoms with Gasteiger partial charge in [-0.05, 0) is 12.1 Å². The van der Waals surface area contributed by atoms with Crippen LogP contribution >= 0.6 is 0 Å². The number of fused-ring (bicyclic) bond motifs is 1. The maximum atomic E-state index is 12.6. The monoisotopic (exact) mass is 325 g/mol. The van der Waals surface area contributed by atoms with Gasteiger partial charge in [0.15, 0.2) is 5.65 Å². The molecule has 1 aliphatic heterocycles. The smallest absolute Gasteiger partial charge is 0.270 e. The van der Waals surface area contributed by atoms with Crippen LogP contribution in [0.1, 0.15) is 10.5 Å². The van der Waals surface area contributed by atoms with Crippen molar-refractivity contribution in [2.24, 2.45) is 14.1 Å². The first-order valence-corrected chi connectivity index (χ1v) is 7.93. The zero-order chi connectivity index (χ0) is 16.7. The Bertz CT molecular complexity index is 889. The molecule has 0 atom stereocenters. The van der Waals surface area contributed by atoms with Crippen LogP contribution < -0.4 is 4.90 Å². The molecular weight excluding hydrogens is 306 g/mol. The van der Waals surface area contributed by atoms with Gasteiger partial charge in [0.05, 0.1) is 11.6 Å². The summed E-state index contributed by atoms with van der Waals surface area (Å²) in [5, 5.41) is 5.20. The number of carbonyl (C=O) groups is 1. The molecule has 3 aromatic rings. The Labute approximate surface area is 139 Å². The topological polar surface area (TPSA) is 72.1 Å². The molecular formula is C16H19N7O. The Balaban J connectivity index is 1.52. The first-order valence-electron chi connectivity index (χ1n) is 7.93. The number of rotatable bonds is 2. The Kier molecular flexibility index (Phi) is 3.44. The molecule has 1 fully saturated rings. The Morgan fingerprint density at radius 1 is 1.12 bits per heavy atom. The predicted molar refractivity (Wildman–Crippen MR) is 89.8 cm³/mol. The highest BCUT2D eigenvalue weighted by Gasteiger charge is 2.25. The zero-order valence-corrected chi connectivity index (χ0v) is 13.8. The molecule has 1 saturated heterocycles. The van der Waals surface area contributed by atoms with E-state index in [0.29, 0.717) is 13.1 Å². The van der Waals surface area contributed by atoms with Gasteiger partial charge in [-0.3, -0.25) is 9.48 Å². The van der Waals surface area contributed by atoms with Crippen molar-refractivity contribution >= 4 is 22.8 Å². The molecule has 0 N–H and O–H groups in total. The fraction of sp³-hybridized carbons (Fsp3) is 0.375. The number of aryl methyl sites for hydroxylation is 2. The van der Waals surface area contributed by atoms with E-state index in [1.807, 2.05) is 41.9 Å². The third kappa shape index (κ3) is 2.31. The number of carbonyl (C=O) groups excluding carboxylic acids is 1. The van der Waals surface area contributed by atoms with Crippen LogP contribution in [0.15, 0.2) is 30.9 Å². The van der Waals surface area contributed by atoms with Crippen LogP contribution in [0, 0.1) is 0 Å². The number of amides is 1. The lowest BCUT2D eigenvalue weighted by Crippen LogP contribution is -2.49. The first-order chi connectivity index (χ1) is 11.6. The summed E-state index contributed by atoms with van der Waals surface area (Å²) in [4.78, 5) is 25.4. The van der Waals surface area contributed by atoms with E-state index in [1.54, 1.807) is 17.2 Å². The fourth-order valence-corrected chi connectivity index (χ4v) is 3.17. The van der Waals surface area contributed by atoms with Crippen LogP contribution in [0.25, 0.3) is 11.0 Å². The van der Waals surface area contributed by atoms with Crippen molar-refractivity contribution in [2.45, 2.75) is 0 Å². The van der Waals surface area contributed by atoms with E-state index < -0.39 is 0 Å². The highest BCUT2D eigenvalue weighted by atomic mass is 16.2. The van der Waals surface area contributed by atoms with E-state index >= 15 is 0 Å². The lowest BCUT2D eigenvalue weighted by Gasteiger charge is -2.35. The number of hydrogen-bond donors (Lipinski definition) is 0. The highest BCUT2D eigenvalue weighted by Crippen LogP contribution is 2.23. The maximum absolute atomic E-state index is 12.6. The molecule has 1 aliphatic rings. The molecule has 0 saturated carbocycles. The van der Waals surface area contributed by atoms with Gasteiger partial charge in [-0.25, -0.2) is 9.97 Å². The highest BCUT2D eigenvalue weighted by molar-refractivity contribution is 5.93. The van der Waals surface area contributed by atoms with Gasteiger partial charge >= 0.3 is 0 Å². The number of piperazine rings is 1. The standard InChI is InChI=1S/C16H19N7O/c1-20-5-3-4-13(20)16(24)23-8-6-22(7-9-23)15-12-10-19-21(2)14(12)17-11-18-15/h3-5,10-11H,6-9H2,1-2H3. The molecule has 0 spiro atoms. The van der Waals surface area contributed by atoms with Gasteiger partial charge in [0, 0.05) is 46.5 Å². The molecule has 0 radical (unpaired) electrons. The van der Waals surface area contributed by atoms with Gasteiger partial charge in [-0.15, -0.1) is 0 Å². The van der Waals surface area contributed by atoms with Crippen molar-refractivity contribution in [3.63, 3.8) is 0 Å². The zero-order valence-electron chi connectivity index (χ0n) is 13.8. The third-order valence-corrected chi connectivity index (χ3v) is 4.54. The van der Waals surface area contributed by atoms with Crippen molar-refractivity contribution in [1.82, 2.24) is 29.2 Å². The lowest BCUT2D eigenvalue weighted by atomic mass is 10.2. The van der Waals surface area contributed by atoms with E-state index in [9.17, 15) is 4.79 Å². The summed E-state index contributed by atoms with van der Waals surface area (Å²) in [6.07, 6.45) is 5.26. The minimum absolute atomic E-state index is 0.0800.